The summed E-state index contributed by atoms with van der Waals surface area (Å²) in [4.78, 5) is 11.9. The van der Waals surface area contributed by atoms with Crippen LogP contribution in [0.1, 0.15) is 23.7 Å². The molecule has 0 aliphatic carbocycles. The minimum absolute atomic E-state index is 0.0487. The first kappa shape index (κ1) is 13.5. The average molecular weight is 290 g/mol. The van der Waals surface area contributed by atoms with Gasteiger partial charge in [-0.3, -0.25) is 4.79 Å². The van der Waals surface area contributed by atoms with E-state index in [0.717, 1.165) is 13.0 Å². The molecule has 0 aromatic carbocycles. The largest absolute Gasteiger partial charge is 0.378 e. The van der Waals surface area contributed by atoms with Gasteiger partial charge in [-0.15, -0.1) is 10.2 Å². The molecule has 98 valence electrons. The van der Waals surface area contributed by atoms with Crippen molar-refractivity contribution in [2.75, 3.05) is 13.2 Å². The number of hydrogen-bond donors (Lipinski definition) is 1. The van der Waals surface area contributed by atoms with Crippen LogP contribution in [0.4, 0.5) is 0 Å². The first-order chi connectivity index (χ1) is 8.58. The maximum Gasteiger partial charge on any atom is 0.254 e. The van der Waals surface area contributed by atoms with Crippen LogP contribution in [0.3, 0.4) is 0 Å². The highest BCUT2D eigenvalue weighted by molar-refractivity contribution is 6.34. The van der Waals surface area contributed by atoms with Crippen molar-refractivity contribution in [3.8, 4) is 0 Å². The molecule has 2 heterocycles. The average Bonchev–Trinajstić information content (AvgIpc) is 2.75. The van der Waals surface area contributed by atoms with Crippen LogP contribution in [0.2, 0.25) is 10.3 Å². The molecule has 1 amide bonds. The van der Waals surface area contributed by atoms with Gasteiger partial charge in [0.2, 0.25) is 0 Å². The van der Waals surface area contributed by atoms with E-state index < -0.39 is 0 Å². The molecule has 1 aliphatic heterocycles. The highest BCUT2D eigenvalue weighted by Gasteiger charge is 2.25. The second kappa shape index (κ2) is 5.82. The fourth-order valence-corrected chi connectivity index (χ4v) is 2.20. The van der Waals surface area contributed by atoms with Crippen LogP contribution < -0.4 is 5.32 Å². The predicted molar refractivity (Wildman–Crippen MR) is 67.9 cm³/mol. The minimum atomic E-state index is -0.295. The van der Waals surface area contributed by atoms with Gasteiger partial charge in [0.05, 0.1) is 11.7 Å². The lowest BCUT2D eigenvalue weighted by Crippen LogP contribution is -2.32. The molecule has 0 spiro atoms. The fourth-order valence-electron chi connectivity index (χ4n) is 1.88. The zero-order chi connectivity index (χ0) is 13.1. The zero-order valence-corrected chi connectivity index (χ0v) is 11.3. The van der Waals surface area contributed by atoms with E-state index in [9.17, 15) is 4.79 Å². The van der Waals surface area contributed by atoms with Crippen LogP contribution in [0.5, 0.6) is 0 Å². The Morgan fingerprint density at radius 2 is 2.33 bits per heavy atom. The lowest BCUT2D eigenvalue weighted by Gasteiger charge is -2.14. The van der Waals surface area contributed by atoms with Gasteiger partial charge in [-0.25, -0.2) is 0 Å². The molecule has 1 fully saturated rings. The van der Waals surface area contributed by atoms with Crippen LogP contribution in [0, 0.1) is 5.92 Å². The number of carbonyl (C=O) groups is 1. The van der Waals surface area contributed by atoms with Crippen molar-refractivity contribution in [3.63, 3.8) is 0 Å². The highest BCUT2D eigenvalue weighted by Crippen LogP contribution is 2.20. The molecular formula is C11H13Cl2N3O2. The van der Waals surface area contributed by atoms with Gasteiger partial charge in [0.25, 0.3) is 5.91 Å². The summed E-state index contributed by atoms with van der Waals surface area (Å²) in [6.45, 7) is 3.29. The van der Waals surface area contributed by atoms with Crippen LogP contribution >= 0.6 is 23.2 Å². The molecule has 1 aliphatic rings. The standard InChI is InChI=1S/C11H13Cl2N3O2/c1-6-7(2-3-18-6)5-14-11(17)8-4-9(12)15-16-10(8)13/h4,6-7H,2-3,5H2,1H3,(H,14,17). The number of nitrogens with one attached hydrogen (secondary N) is 1. The fraction of sp³-hybridized carbons (Fsp3) is 0.545. The van der Waals surface area contributed by atoms with Crippen molar-refractivity contribution >= 4 is 29.1 Å². The van der Waals surface area contributed by atoms with E-state index in [2.05, 4.69) is 15.5 Å². The number of hydrogen-bond acceptors (Lipinski definition) is 4. The Balaban J connectivity index is 1.97. The number of rotatable bonds is 3. The van der Waals surface area contributed by atoms with Gasteiger partial charge in [-0.05, 0) is 19.4 Å². The number of amides is 1. The smallest absolute Gasteiger partial charge is 0.254 e. The molecule has 2 unspecified atom stereocenters. The number of nitrogens with zero attached hydrogens (tertiary/aromatic N) is 2. The van der Waals surface area contributed by atoms with E-state index >= 15 is 0 Å². The Kier molecular flexibility index (Phi) is 4.37. The summed E-state index contributed by atoms with van der Waals surface area (Å²) in [7, 11) is 0. The Hall–Kier alpha value is -0.910. The zero-order valence-electron chi connectivity index (χ0n) is 9.82. The van der Waals surface area contributed by atoms with E-state index in [1.54, 1.807) is 0 Å². The van der Waals surface area contributed by atoms with E-state index in [-0.39, 0.29) is 27.9 Å². The molecule has 5 nitrogen and oxygen atoms in total. The molecular weight excluding hydrogens is 277 g/mol. The molecule has 1 aromatic rings. The summed E-state index contributed by atoms with van der Waals surface area (Å²) in [5.41, 5.74) is 0.239. The van der Waals surface area contributed by atoms with E-state index in [1.807, 2.05) is 6.92 Å². The lowest BCUT2D eigenvalue weighted by molar-refractivity contribution is 0.0907. The third kappa shape index (κ3) is 3.10. The summed E-state index contributed by atoms with van der Waals surface area (Å²) in [5, 5.41) is 10.1. The first-order valence-corrected chi connectivity index (χ1v) is 6.42. The number of aromatic nitrogens is 2. The van der Waals surface area contributed by atoms with Gasteiger partial charge in [0.1, 0.15) is 0 Å². The van der Waals surface area contributed by atoms with E-state index in [4.69, 9.17) is 27.9 Å². The molecule has 2 rings (SSSR count). The Labute approximate surface area is 115 Å². The Morgan fingerprint density at radius 1 is 1.56 bits per heavy atom. The molecule has 1 saturated heterocycles. The summed E-state index contributed by atoms with van der Waals surface area (Å²) in [6, 6.07) is 1.40. The van der Waals surface area contributed by atoms with Crippen molar-refractivity contribution in [1.82, 2.24) is 15.5 Å². The van der Waals surface area contributed by atoms with Crippen LogP contribution in [0.25, 0.3) is 0 Å². The van der Waals surface area contributed by atoms with Crippen molar-refractivity contribution < 1.29 is 9.53 Å². The summed E-state index contributed by atoms with van der Waals surface area (Å²) in [6.07, 6.45) is 1.12. The van der Waals surface area contributed by atoms with Crippen LogP contribution in [-0.4, -0.2) is 35.4 Å². The van der Waals surface area contributed by atoms with E-state index in [1.165, 1.54) is 6.07 Å². The normalized spacial score (nSPS) is 23.1. The Bertz CT molecular complexity index is 456. The maximum absolute atomic E-state index is 11.9. The topological polar surface area (TPSA) is 64.1 Å². The number of halogens is 2. The van der Waals surface area contributed by atoms with Crippen molar-refractivity contribution in [2.24, 2.45) is 5.92 Å². The number of carbonyl (C=O) groups excluding carboxylic acids is 1. The van der Waals surface area contributed by atoms with Crippen LogP contribution in [0.15, 0.2) is 6.07 Å². The van der Waals surface area contributed by atoms with Gasteiger partial charge in [0, 0.05) is 19.1 Å². The molecule has 18 heavy (non-hydrogen) atoms. The molecule has 0 radical (unpaired) electrons. The Morgan fingerprint density at radius 3 is 3.00 bits per heavy atom. The van der Waals surface area contributed by atoms with Crippen molar-refractivity contribution in [1.29, 1.82) is 0 Å². The molecule has 0 saturated carbocycles. The maximum atomic E-state index is 11.9. The minimum Gasteiger partial charge on any atom is -0.378 e. The SMILES string of the molecule is CC1OCCC1CNC(=O)c1cc(Cl)nnc1Cl. The summed E-state index contributed by atoms with van der Waals surface area (Å²) < 4.78 is 5.43. The number of ether oxygens (including phenoxy) is 1. The van der Waals surface area contributed by atoms with Crippen LogP contribution in [-0.2, 0) is 4.74 Å². The van der Waals surface area contributed by atoms with Gasteiger partial charge < -0.3 is 10.1 Å². The molecule has 2 atom stereocenters. The van der Waals surface area contributed by atoms with Crippen molar-refractivity contribution in [2.45, 2.75) is 19.4 Å². The molecule has 1 aromatic heterocycles. The highest BCUT2D eigenvalue weighted by atomic mass is 35.5. The monoisotopic (exact) mass is 289 g/mol. The molecule has 7 heteroatoms. The van der Waals surface area contributed by atoms with Gasteiger partial charge >= 0.3 is 0 Å². The van der Waals surface area contributed by atoms with Gasteiger partial charge in [0.15, 0.2) is 10.3 Å². The second-order valence-corrected chi connectivity index (χ2v) is 4.95. The quantitative estimate of drug-likeness (QED) is 0.924. The first-order valence-electron chi connectivity index (χ1n) is 5.66. The second-order valence-electron chi connectivity index (χ2n) is 4.21. The van der Waals surface area contributed by atoms with E-state index in [0.29, 0.717) is 12.5 Å². The third-order valence-electron chi connectivity index (χ3n) is 3.02. The molecule has 1 N–H and O–H groups in total. The summed E-state index contributed by atoms with van der Waals surface area (Å²) in [5.74, 6) is 0.0360. The summed E-state index contributed by atoms with van der Waals surface area (Å²) >= 11 is 11.5. The molecule has 0 bridgehead atoms. The predicted octanol–water partition coefficient (Wildman–Crippen LogP) is 1.94. The van der Waals surface area contributed by atoms with Gasteiger partial charge in [-0.1, -0.05) is 23.2 Å². The van der Waals surface area contributed by atoms with Gasteiger partial charge in [-0.2, -0.15) is 0 Å². The third-order valence-corrected chi connectivity index (χ3v) is 3.49. The lowest BCUT2D eigenvalue weighted by atomic mass is 10.0. The van der Waals surface area contributed by atoms with Crippen molar-refractivity contribution in [3.05, 3.63) is 21.9 Å².